The summed E-state index contributed by atoms with van der Waals surface area (Å²) in [4.78, 5) is 20.8. The van der Waals surface area contributed by atoms with E-state index in [4.69, 9.17) is 11.0 Å². The van der Waals surface area contributed by atoms with Crippen molar-refractivity contribution in [3.05, 3.63) is 58.7 Å². The largest absolute Gasteiger partial charge is 0.386 e. The molecule has 33 heavy (non-hydrogen) atoms. The number of hydrogen-bond acceptors (Lipinski definition) is 7. The van der Waals surface area contributed by atoms with Crippen LogP contribution >= 0.6 is 0 Å². The molecule has 2 heterocycles. The Bertz CT molecular complexity index is 1350. The van der Waals surface area contributed by atoms with Crippen molar-refractivity contribution in [3.63, 3.8) is 0 Å². The second-order valence-electron chi connectivity index (χ2n) is 8.50. The van der Waals surface area contributed by atoms with Crippen LogP contribution in [0.15, 0.2) is 35.5 Å². The first-order chi connectivity index (χ1) is 15.5. The van der Waals surface area contributed by atoms with E-state index in [2.05, 4.69) is 15.3 Å². The molecule has 1 aromatic heterocycles. The molecule has 0 radical (unpaired) electrons. The maximum Gasteiger partial charge on any atom is 0.274 e. The zero-order valence-corrected chi connectivity index (χ0v) is 18.7. The van der Waals surface area contributed by atoms with Crippen LogP contribution in [0.4, 0.5) is 14.5 Å². The number of aliphatic imine (C=N–C) groups is 1. The highest BCUT2D eigenvalue weighted by atomic mass is 32.2. The third kappa shape index (κ3) is 3.28. The Morgan fingerprint density at radius 2 is 2.03 bits per heavy atom. The number of pyridine rings is 1. The summed E-state index contributed by atoms with van der Waals surface area (Å²) in [5.41, 5.74) is 1.87. The van der Waals surface area contributed by atoms with Gasteiger partial charge in [0.2, 0.25) is 5.50 Å². The Morgan fingerprint density at radius 3 is 2.61 bits per heavy atom. The number of aromatic nitrogens is 1. The van der Waals surface area contributed by atoms with Crippen molar-refractivity contribution >= 4 is 27.3 Å². The first kappa shape index (κ1) is 22.8. The molecule has 3 N–H and O–H groups in total. The number of hydrogen-bond donors (Lipinski definition) is 2. The average Bonchev–Trinajstić information content (AvgIpc) is 2.72. The quantitative estimate of drug-likeness (QED) is 0.703. The van der Waals surface area contributed by atoms with Gasteiger partial charge in [-0.25, -0.2) is 22.2 Å². The summed E-state index contributed by atoms with van der Waals surface area (Å²) in [5, 5.41) is 11.5. The van der Waals surface area contributed by atoms with Crippen molar-refractivity contribution in [1.82, 2.24) is 4.98 Å². The van der Waals surface area contributed by atoms with E-state index in [0.29, 0.717) is 12.0 Å². The number of alkyl halides is 1. The van der Waals surface area contributed by atoms with Crippen LogP contribution < -0.4 is 11.1 Å². The highest BCUT2D eigenvalue weighted by Gasteiger charge is 2.64. The van der Waals surface area contributed by atoms with Crippen LogP contribution in [0.3, 0.4) is 0 Å². The molecule has 2 aliphatic rings. The molecule has 2 unspecified atom stereocenters. The van der Waals surface area contributed by atoms with Gasteiger partial charge in [0.25, 0.3) is 5.91 Å². The van der Waals surface area contributed by atoms with Gasteiger partial charge >= 0.3 is 0 Å². The number of anilines is 1. The zero-order chi connectivity index (χ0) is 24.2. The Labute approximate surface area is 189 Å². The smallest absolute Gasteiger partial charge is 0.274 e. The third-order valence-corrected chi connectivity index (χ3v) is 9.14. The first-order valence-electron chi connectivity index (χ1n) is 10.2. The number of nitriles is 1. The van der Waals surface area contributed by atoms with Crippen molar-refractivity contribution in [2.24, 2.45) is 10.7 Å². The number of benzene rings is 1. The normalized spacial score (nSPS) is 24.9. The van der Waals surface area contributed by atoms with Crippen LogP contribution in [0.5, 0.6) is 0 Å². The molecule has 1 fully saturated rings. The number of amidine groups is 1. The highest BCUT2D eigenvalue weighted by Crippen LogP contribution is 2.51. The molecule has 4 rings (SSSR count). The monoisotopic (exact) mass is 473 g/mol. The van der Waals surface area contributed by atoms with E-state index in [0.717, 1.165) is 12.1 Å². The fraction of sp³-hybridized carbons (Fsp3) is 0.364. The molecule has 1 saturated carbocycles. The van der Waals surface area contributed by atoms with Crippen LogP contribution in [0.2, 0.25) is 0 Å². The van der Waals surface area contributed by atoms with Gasteiger partial charge in [-0.3, -0.25) is 9.79 Å². The number of halogens is 2. The lowest BCUT2D eigenvalue weighted by molar-refractivity contribution is 0.102. The fourth-order valence-corrected chi connectivity index (χ4v) is 6.70. The summed E-state index contributed by atoms with van der Waals surface area (Å²) in [6.07, 6.45) is 2.18. The van der Waals surface area contributed by atoms with Gasteiger partial charge in [0.05, 0.1) is 5.56 Å². The number of aryl methyl sites for hydroxylation is 1. The van der Waals surface area contributed by atoms with Crippen molar-refractivity contribution < 1.29 is 22.0 Å². The Hall–Kier alpha value is -3.39. The Morgan fingerprint density at radius 1 is 1.33 bits per heavy atom. The lowest BCUT2D eigenvalue weighted by Crippen LogP contribution is -2.64. The number of sulfone groups is 1. The second kappa shape index (κ2) is 7.59. The summed E-state index contributed by atoms with van der Waals surface area (Å²) in [6, 6.07) is 6.81. The predicted molar refractivity (Wildman–Crippen MR) is 117 cm³/mol. The molecular weight excluding hydrogens is 452 g/mol. The van der Waals surface area contributed by atoms with Crippen LogP contribution in [-0.4, -0.2) is 35.4 Å². The number of amides is 1. The van der Waals surface area contributed by atoms with Crippen molar-refractivity contribution in [3.8, 4) is 6.07 Å². The second-order valence-corrected chi connectivity index (χ2v) is 10.8. The molecule has 11 heteroatoms. The number of nitrogens with two attached hydrogens (primary N) is 1. The van der Waals surface area contributed by atoms with E-state index in [-0.39, 0.29) is 41.2 Å². The number of nitrogens with zero attached hydrogens (tertiary/aromatic N) is 3. The predicted octanol–water partition coefficient (Wildman–Crippen LogP) is 2.87. The lowest BCUT2D eigenvalue weighted by atomic mass is 9.82. The van der Waals surface area contributed by atoms with Gasteiger partial charge in [0, 0.05) is 17.4 Å². The van der Waals surface area contributed by atoms with E-state index in [9.17, 15) is 17.6 Å². The van der Waals surface area contributed by atoms with E-state index >= 15 is 4.39 Å². The lowest BCUT2D eigenvalue weighted by Gasteiger charge is -2.48. The van der Waals surface area contributed by atoms with Gasteiger partial charge in [-0.1, -0.05) is 0 Å². The molecule has 1 spiro atoms. The molecule has 1 amide bonds. The number of carbonyl (C=O) groups excluding carboxylic acids is 1. The van der Waals surface area contributed by atoms with Gasteiger partial charge in [-0.15, -0.1) is 0 Å². The maximum absolute atomic E-state index is 15.5. The molecule has 8 nitrogen and oxygen atoms in total. The maximum atomic E-state index is 15.5. The van der Waals surface area contributed by atoms with E-state index in [1.165, 1.54) is 25.3 Å². The summed E-state index contributed by atoms with van der Waals surface area (Å²) in [7, 11) is -4.39. The van der Waals surface area contributed by atoms with Crippen LogP contribution in [-0.2, 0) is 15.4 Å². The van der Waals surface area contributed by atoms with Crippen molar-refractivity contribution in [1.29, 1.82) is 5.26 Å². The first-order valence-corrected chi connectivity index (χ1v) is 11.7. The topological polar surface area (TPSA) is 138 Å². The van der Waals surface area contributed by atoms with Gasteiger partial charge in [-0.2, -0.15) is 5.26 Å². The minimum Gasteiger partial charge on any atom is -0.386 e. The van der Waals surface area contributed by atoms with Gasteiger partial charge in [0.1, 0.15) is 33.7 Å². The van der Waals surface area contributed by atoms with E-state index < -0.39 is 37.4 Å². The third-order valence-electron chi connectivity index (χ3n) is 6.43. The molecule has 2 aromatic rings. The van der Waals surface area contributed by atoms with Gasteiger partial charge < -0.3 is 11.1 Å². The van der Waals surface area contributed by atoms with Crippen LogP contribution in [0, 0.1) is 24.1 Å². The summed E-state index contributed by atoms with van der Waals surface area (Å²) < 4.78 is 54.8. The molecular formula is C22H21F2N5O3S. The number of nitrogens with one attached hydrogen (secondary N) is 1. The van der Waals surface area contributed by atoms with Crippen LogP contribution in [0.1, 0.15) is 53.4 Å². The number of carbonyl (C=O) groups is 1. The van der Waals surface area contributed by atoms with E-state index in [1.54, 1.807) is 6.92 Å². The van der Waals surface area contributed by atoms with Crippen molar-refractivity contribution in [2.45, 2.75) is 48.9 Å². The minimum absolute atomic E-state index is 0.0453. The summed E-state index contributed by atoms with van der Waals surface area (Å²) in [5.74, 6) is -1.75. The van der Waals surface area contributed by atoms with E-state index in [1.807, 2.05) is 6.07 Å². The molecule has 172 valence electrons. The highest BCUT2D eigenvalue weighted by molar-refractivity contribution is 7.94. The van der Waals surface area contributed by atoms with Crippen molar-refractivity contribution in [2.75, 3.05) is 5.32 Å². The molecule has 1 aromatic carbocycles. The minimum atomic E-state index is -4.39. The zero-order valence-electron chi connectivity index (χ0n) is 17.9. The molecule has 0 bridgehead atoms. The SMILES string of the molecule is Cc1cc(C#N)cnc1C(=O)Nc1ccc(F)c(C2(C)N=C(N)C3(CCC3)S(=O)(=O)C2F)c1. The Kier molecular flexibility index (Phi) is 5.24. The fourth-order valence-electron chi connectivity index (χ4n) is 4.32. The standard InChI is InChI=1S/C22H21F2N5O3S/c1-12-8-13(10-25)11-27-17(12)18(30)28-14-4-5-16(23)15(9-14)21(2)19(24)33(31,32)22(6-3-7-22)20(26)29-21/h4-5,8-9,11,19H,3,6-7H2,1-2H3,(H2,26,29)(H,28,30). The van der Waals surface area contributed by atoms with Gasteiger partial charge in [0.15, 0.2) is 9.84 Å². The number of rotatable bonds is 3. The van der Waals surface area contributed by atoms with Crippen LogP contribution in [0.25, 0.3) is 0 Å². The van der Waals surface area contributed by atoms with Gasteiger partial charge in [-0.05, 0) is 62.9 Å². The summed E-state index contributed by atoms with van der Waals surface area (Å²) in [6.45, 7) is 2.78. The molecule has 1 aliphatic heterocycles. The summed E-state index contributed by atoms with van der Waals surface area (Å²) >= 11 is 0. The average molecular weight is 474 g/mol. The molecule has 1 aliphatic carbocycles. The molecule has 2 atom stereocenters. The molecule has 0 saturated heterocycles. The Balaban J connectivity index is 1.72.